The second-order valence-electron chi connectivity index (χ2n) is 4.60. The zero-order valence-electron chi connectivity index (χ0n) is 11.4. The van der Waals surface area contributed by atoms with E-state index < -0.39 is 28.6 Å². The molecular weight excluding hydrogens is 311 g/mol. The summed E-state index contributed by atoms with van der Waals surface area (Å²) in [5.74, 6) is -3.42. The summed E-state index contributed by atoms with van der Waals surface area (Å²) in [6.45, 7) is 0. The van der Waals surface area contributed by atoms with Crippen LogP contribution in [0.3, 0.4) is 0 Å². The molecule has 0 aliphatic carbocycles. The van der Waals surface area contributed by atoms with Gasteiger partial charge in [0.1, 0.15) is 22.8 Å². The lowest BCUT2D eigenvalue weighted by atomic mass is 10.2. The van der Waals surface area contributed by atoms with Gasteiger partial charge in [-0.2, -0.15) is 0 Å². The number of aromatic nitrogens is 2. The number of carbonyl (C=O) groups is 1. The maximum Gasteiger partial charge on any atom is 0.214 e. The highest BCUT2D eigenvalue weighted by atomic mass is 19.1. The van der Waals surface area contributed by atoms with E-state index in [-0.39, 0.29) is 23.1 Å². The Labute approximate surface area is 127 Å². The lowest BCUT2D eigenvalue weighted by Gasteiger charge is -2.13. The molecule has 0 aliphatic rings. The number of pyridine rings is 2. The summed E-state index contributed by atoms with van der Waals surface area (Å²) in [6, 6.07) is 3.89. The highest BCUT2D eigenvalue weighted by molar-refractivity contribution is 5.83. The van der Waals surface area contributed by atoms with Crippen molar-refractivity contribution >= 4 is 23.1 Å². The van der Waals surface area contributed by atoms with Crippen LogP contribution in [0.15, 0.2) is 41.5 Å². The molecule has 116 valence electrons. The van der Waals surface area contributed by atoms with Crippen molar-refractivity contribution in [3.63, 3.8) is 0 Å². The average Bonchev–Trinajstić information content (AvgIpc) is 2.51. The monoisotopic (exact) mass is 319 g/mol. The molecule has 2 aromatic heterocycles. The molecule has 0 atom stereocenters. The van der Waals surface area contributed by atoms with Crippen molar-refractivity contribution in [2.45, 2.75) is 0 Å². The third-order valence-corrected chi connectivity index (χ3v) is 3.20. The summed E-state index contributed by atoms with van der Waals surface area (Å²) in [6.07, 6.45) is 2.64. The Kier molecular flexibility index (Phi) is 3.57. The van der Waals surface area contributed by atoms with Crippen molar-refractivity contribution in [2.75, 3.05) is 5.32 Å². The second kappa shape index (κ2) is 5.56. The quantitative estimate of drug-likeness (QED) is 0.754. The number of hydrogen-bond acceptors (Lipinski definition) is 3. The predicted octanol–water partition coefficient (Wildman–Crippen LogP) is 2.37. The van der Waals surface area contributed by atoms with Gasteiger partial charge in [-0.1, -0.05) is 0 Å². The molecule has 8 heteroatoms. The molecule has 0 saturated carbocycles. The topological polar surface area (TPSA) is 64.0 Å². The number of carbonyl (C=O) groups excluding carboxylic acids is 1. The first-order valence-electron chi connectivity index (χ1n) is 6.38. The summed E-state index contributed by atoms with van der Waals surface area (Å²) < 4.78 is 42.1. The fraction of sp³-hybridized carbons (Fsp3) is 0. The SMILES string of the molecule is O=CNc1cn(-c2c(F)cc(F)cc2F)c2ncccc2c1=O. The number of nitrogens with one attached hydrogen (secondary N) is 1. The summed E-state index contributed by atoms with van der Waals surface area (Å²) in [4.78, 5) is 26.8. The van der Waals surface area contributed by atoms with E-state index in [0.29, 0.717) is 12.1 Å². The first kappa shape index (κ1) is 14.8. The summed E-state index contributed by atoms with van der Waals surface area (Å²) in [5.41, 5.74) is -1.38. The Morgan fingerprint density at radius 2 is 1.87 bits per heavy atom. The Bertz CT molecular complexity index is 962. The van der Waals surface area contributed by atoms with Crippen molar-refractivity contribution in [3.8, 4) is 5.69 Å². The molecule has 3 aromatic rings. The Balaban J connectivity index is 2.45. The van der Waals surface area contributed by atoms with Crippen molar-refractivity contribution in [3.05, 3.63) is 64.3 Å². The molecular formula is C15H8F3N3O2. The van der Waals surface area contributed by atoms with Crippen LogP contribution in [0.2, 0.25) is 0 Å². The molecule has 0 spiro atoms. The molecule has 0 aliphatic heterocycles. The number of rotatable bonds is 3. The van der Waals surface area contributed by atoms with Gasteiger partial charge in [-0.3, -0.25) is 14.2 Å². The highest BCUT2D eigenvalue weighted by Crippen LogP contribution is 2.23. The van der Waals surface area contributed by atoms with Gasteiger partial charge in [-0.15, -0.1) is 0 Å². The van der Waals surface area contributed by atoms with Crippen molar-refractivity contribution in [1.29, 1.82) is 0 Å². The third-order valence-electron chi connectivity index (χ3n) is 3.20. The minimum atomic E-state index is -1.17. The molecule has 0 saturated heterocycles. The van der Waals surface area contributed by atoms with E-state index in [1.807, 2.05) is 0 Å². The first-order chi connectivity index (χ1) is 11.0. The van der Waals surface area contributed by atoms with Crippen LogP contribution in [0.1, 0.15) is 0 Å². The van der Waals surface area contributed by atoms with Gasteiger partial charge < -0.3 is 5.32 Å². The molecule has 0 unspecified atom stereocenters. The van der Waals surface area contributed by atoms with Crippen molar-refractivity contribution in [1.82, 2.24) is 9.55 Å². The summed E-state index contributed by atoms with van der Waals surface area (Å²) >= 11 is 0. The first-order valence-corrected chi connectivity index (χ1v) is 6.38. The smallest absolute Gasteiger partial charge is 0.214 e. The molecule has 2 heterocycles. The van der Waals surface area contributed by atoms with Crippen LogP contribution >= 0.6 is 0 Å². The fourth-order valence-corrected chi connectivity index (χ4v) is 2.26. The number of benzene rings is 1. The number of fused-ring (bicyclic) bond motifs is 1. The van der Waals surface area contributed by atoms with Gasteiger partial charge in [0.25, 0.3) is 0 Å². The third kappa shape index (κ3) is 2.44. The number of nitrogens with zero attached hydrogens (tertiary/aromatic N) is 2. The van der Waals surface area contributed by atoms with Gasteiger partial charge in [-0.25, -0.2) is 18.2 Å². The van der Waals surface area contributed by atoms with E-state index in [9.17, 15) is 22.8 Å². The van der Waals surface area contributed by atoms with E-state index in [2.05, 4.69) is 10.3 Å². The molecule has 0 bridgehead atoms. The predicted molar refractivity (Wildman–Crippen MR) is 76.9 cm³/mol. The van der Waals surface area contributed by atoms with Gasteiger partial charge in [0.05, 0.1) is 5.39 Å². The molecule has 1 aromatic carbocycles. The molecule has 0 fully saturated rings. The lowest BCUT2D eigenvalue weighted by Crippen LogP contribution is -2.16. The van der Waals surface area contributed by atoms with Crippen LogP contribution < -0.4 is 10.7 Å². The Morgan fingerprint density at radius 1 is 1.17 bits per heavy atom. The van der Waals surface area contributed by atoms with Crippen LogP contribution in [0.5, 0.6) is 0 Å². The Hall–Kier alpha value is -3.16. The van der Waals surface area contributed by atoms with E-state index in [1.165, 1.54) is 18.3 Å². The minimum Gasteiger partial charge on any atom is -0.324 e. The van der Waals surface area contributed by atoms with Gasteiger partial charge in [0.2, 0.25) is 11.8 Å². The van der Waals surface area contributed by atoms with E-state index >= 15 is 0 Å². The number of anilines is 1. The van der Waals surface area contributed by atoms with E-state index in [4.69, 9.17) is 0 Å². The molecule has 23 heavy (non-hydrogen) atoms. The number of hydrogen-bond donors (Lipinski definition) is 1. The van der Waals surface area contributed by atoms with Gasteiger partial charge in [-0.05, 0) is 12.1 Å². The zero-order chi connectivity index (χ0) is 16.6. The standard InChI is InChI=1S/C15H8F3N3O2/c16-8-4-10(17)13(11(18)5-8)21-6-12(20-7-22)14(23)9-2-1-3-19-15(9)21/h1-7H,(H,20,22). The maximum atomic E-state index is 14.0. The van der Waals surface area contributed by atoms with E-state index in [0.717, 1.165) is 10.8 Å². The van der Waals surface area contributed by atoms with Crippen LogP contribution in [-0.4, -0.2) is 16.0 Å². The largest absolute Gasteiger partial charge is 0.324 e. The summed E-state index contributed by atoms with van der Waals surface area (Å²) in [5, 5.41) is 2.21. The normalized spacial score (nSPS) is 10.7. The minimum absolute atomic E-state index is 0.0293. The number of halogens is 3. The maximum absolute atomic E-state index is 14.0. The van der Waals surface area contributed by atoms with Gasteiger partial charge >= 0.3 is 0 Å². The fourth-order valence-electron chi connectivity index (χ4n) is 2.26. The van der Waals surface area contributed by atoms with Crippen LogP contribution in [0.4, 0.5) is 18.9 Å². The van der Waals surface area contributed by atoms with Gasteiger partial charge in [0, 0.05) is 24.5 Å². The van der Waals surface area contributed by atoms with Crippen LogP contribution in [0, 0.1) is 17.5 Å². The zero-order valence-corrected chi connectivity index (χ0v) is 11.4. The van der Waals surface area contributed by atoms with Crippen molar-refractivity contribution in [2.24, 2.45) is 0 Å². The van der Waals surface area contributed by atoms with Gasteiger partial charge in [0.15, 0.2) is 11.6 Å². The molecule has 3 rings (SSSR count). The van der Waals surface area contributed by atoms with Crippen LogP contribution in [0.25, 0.3) is 16.7 Å². The lowest BCUT2D eigenvalue weighted by molar-refractivity contribution is -0.105. The van der Waals surface area contributed by atoms with Crippen LogP contribution in [-0.2, 0) is 4.79 Å². The Morgan fingerprint density at radius 3 is 2.52 bits per heavy atom. The van der Waals surface area contributed by atoms with E-state index in [1.54, 1.807) is 0 Å². The highest BCUT2D eigenvalue weighted by Gasteiger charge is 2.18. The summed E-state index contributed by atoms with van der Waals surface area (Å²) in [7, 11) is 0. The molecule has 0 radical (unpaired) electrons. The molecule has 5 nitrogen and oxygen atoms in total. The molecule has 1 amide bonds. The average molecular weight is 319 g/mol. The molecule has 1 N–H and O–H groups in total. The number of amides is 1. The van der Waals surface area contributed by atoms with Crippen molar-refractivity contribution < 1.29 is 18.0 Å². The second-order valence-corrected chi connectivity index (χ2v) is 4.60.